The quantitative estimate of drug-likeness (QED) is 0.723. The molecule has 0 amide bonds. The Balaban J connectivity index is 2.73. The second kappa shape index (κ2) is 4.84. The first-order valence-electron chi connectivity index (χ1n) is 4.80. The van der Waals surface area contributed by atoms with Crippen LogP contribution in [0.15, 0.2) is 12.7 Å². The average molecular weight is 215 g/mol. The molecule has 0 aromatic rings. The molecule has 1 fully saturated rings. The van der Waals surface area contributed by atoms with Crippen LogP contribution in [0.1, 0.15) is 13.8 Å². The first kappa shape index (κ1) is 11.6. The minimum atomic E-state index is -0.800. The fourth-order valence-corrected chi connectivity index (χ4v) is 2.85. The van der Waals surface area contributed by atoms with E-state index in [0.717, 1.165) is 12.3 Å². The molecule has 1 saturated heterocycles. The fourth-order valence-electron chi connectivity index (χ4n) is 1.73. The average Bonchev–Trinajstić information content (AvgIpc) is 2.13. The third-order valence-corrected chi connectivity index (χ3v) is 4.10. The van der Waals surface area contributed by atoms with Crippen molar-refractivity contribution >= 4 is 17.7 Å². The zero-order valence-corrected chi connectivity index (χ0v) is 9.46. The largest absolute Gasteiger partial charge is 0.480 e. The highest BCUT2D eigenvalue weighted by atomic mass is 32.2. The Morgan fingerprint density at radius 1 is 1.71 bits per heavy atom. The molecule has 3 atom stereocenters. The van der Waals surface area contributed by atoms with Crippen molar-refractivity contribution < 1.29 is 9.90 Å². The van der Waals surface area contributed by atoms with Gasteiger partial charge in [0.15, 0.2) is 0 Å². The number of aliphatic carboxylic acids is 1. The molecule has 0 radical (unpaired) electrons. The van der Waals surface area contributed by atoms with Crippen molar-refractivity contribution in [2.45, 2.75) is 31.2 Å². The number of carboxylic acid groups (broad SMARTS) is 1. The van der Waals surface area contributed by atoms with Crippen molar-refractivity contribution in [3.05, 3.63) is 12.7 Å². The van der Waals surface area contributed by atoms with E-state index in [9.17, 15) is 4.79 Å². The molecule has 0 aromatic heterocycles. The number of hydrogen-bond acceptors (Lipinski definition) is 3. The van der Waals surface area contributed by atoms with Crippen LogP contribution in [0.2, 0.25) is 0 Å². The van der Waals surface area contributed by atoms with E-state index in [1.807, 2.05) is 16.7 Å². The third-order valence-electron chi connectivity index (χ3n) is 2.77. The normalized spacial score (nSPS) is 31.0. The van der Waals surface area contributed by atoms with Gasteiger partial charge in [-0.1, -0.05) is 13.0 Å². The summed E-state index contributed by atoms with van der Waals surface area (Å²) in [5.41, 5.74) is 0. The molecule has 0 spiro atoms. The van der Waals surface area contributed by atoms with E-state index >= 15 is 0 Å². The van der Waals surface area contributed by atoms with Crippen molar-refractivity contribution in [1.82, 2.24) is 4.90 Å². The number of thioether (sulfide) groups is 1. The lowest BCUT2D eigenvalue weighted by atomic mass is 10.1. The van der Waals surface area contributed by atoms with E-state index in [4.69, 9.17) is 5.11 Å². The maximum atomic E-state index is 11.0. The highest BCUT2D eigenvalue weighted by Gasteiger charge is 2.32. The fraction of sp³-hybridized carbons (Fsp3) is 0.700. The van der Waals surface area contributed by atoms with Crippen LogP contribution in [0.3, 0.4) is 0 Å². The topological polar surface area (TPSA) is 40.5 Å². The maximum absolute atomic E-state index is 11.0. The van der Waals surface area contributed by atoms with Gasteiger partial charge in [-0.05, 0) is 6.92 Å². The SMILES string of the molecule is C=CC(C(=O)O)N1CCSC(C)C1C. The van der Waals surface area contributed by atoms with Gasteiger partial charge in [-0.15, -0.1) is 6.58 Å². The summed E-state index contributed by atoms with van der Waals surface area (Å²) < 4.78 is 0. The van der Waals surface area contributed by atoms with Gasteiger partial charge in [0, 0.05) is 23.6 Å². The molecular formula is C10H17NO2S. The molecule has 0 bridgehead atoms. The minimum absolute atomic E-state index is 0.299. The first-order chi connectivity index (χ1) is 6.57. The number of carbonyl (C=O) groups is 1. The summed E-state index contributed by atoms with van der Waals surface area (Å²) in [6.07, 6.45) is 1.52. The lowest BCUT2D eigenvalue weighted by molar-refractivity contribution is -0.142. The third kappa shape index (κ3) is 2.30. The number of hydrogen-bond donors (Lipinski definition) is 1. The lowest BCUT2D eigenvalue weighted by Crippen LogP contribution is -2.52. The van der Waals surface area contributed by atoms with Crippen LogP contribution < -0.4 is 0 Å². The Morgan fingerprint density at radius 3 is 2.86 bits per heavy atom. The van der Waals surface area contributed by atoms with Gasteiger partial charge < -0.3 is 5.11 Å². The number of nitrogens with zero attached hydrogens (tertiary/aromatic N) is 1. The zero-order valence-electron chi connectivity index (χ0n) is 8.64. The molecule has 1 aliphatic rings. The van der Waals surface area contributed by atoms with Crippen molar-refractivity contribution in [1.29, 1.82) is 0 Å². The van der Waals surface area contributed by atoms with Crippen LogP contribution in [0.25, 0.3) is 0 Å². The Bertz CT molecular complexity index is 232. The van der Waals surface area contributed by atoms with Gasteiger partial charge in [0.25, 0.3) is 0 Å². The molecule has 3 nitrogen and oxygen atoms in total. The second-order valence-electron chi connectivity index (χ2n) is 3.57. The summed E-state index contributed by atoms with van der Waals surface area (Å²) in [6, 6.07) is -0.235. The predicted octanol–water partition coefficient (Wildman–Crippen LogP) is 1.45. The molecule has 3 unspecified atom stereocenters. The zero-order chi connectivity index (χ0) is 10.7. The van der Waals surface area contributed by atoms with Crippen LogP contribution in [-0.2, 0) is 4.79 Å². The van der Waals surface area contributed by atoms with Gasteiger partial charge in [0.05, 0.1) is 0 Å². The maximum Gasteiger partial charge on any atom is 0.324 e. The van der Waals surface area contributed by atoms with Crippen molar-refractivity contribution in [3.8, 4) is 0 Å². The van der Waals surface area contributed by atoms with Crippen LogP contribution in [0.4, 0.5) is 0 Å². The van der Waals surface area contributed by atoms with E-state index in [0.29, 0.717) is 11.3 Å². The van der Waals surface area contributed by atoms with Crippen molar-refractivity contribution in [2.24, 2.45) is 0 Å². The minimum Gasteiger partial charge on any atom is -0.480 e. The van der Waals surface area contributed by atoms with Crippen LogP contribution >= 0.6 is 11.8 Å². The highest BCUT2D eigenvalue weighted by molar-refractivity contribution is 8.00. The molecule has 4 heteroatoms. The summed E-state index contributed by atoms with van der Waals surface area (Å²) in [6.45, 7) is 8.64. The number of carboxylic acids is 1. The van der Waals surface area contributed by atoms with E-state index in [1.54, 1.807) is 0 Å². The van der Waals surface area contributed by atoms with Crippen LogP contribution in [-0.4, -0.2) is 45.6 Å². The summed E-state index contributed by atoms with van der Waals surface area (Å²) in [5.74, 6) is 0.203. The van der Waals surface area contributed by atoms with E-state index in [-0.39, 0.29) is 0 Å². The smallest absolute Gasteiger partial charge is 0.324 e. The van der Waals surface area contributed by atoms with Gasteiger partial charge in [-0.3, -0.25) is 9.69 Å². The van der Waals surface area contributed by atoms with Gasteiger partial charge in [0.1, 0.15) is 6.04 Å². The Labute approximate surface area is 89.2 Å². The molecule has 80 valence electrons. The van der Waals surface area contributed by atoms with E-state index < -0.39 is 12.0 Å². The molecule has 14 heavy (non-hydrogen) atoms. The summed E-state index contributed by atoms with van der Waals surface area (Å²) >= 11 is 1.90. The Kier molecular flexibility index (Phi) is 4.01. The first-order valence-corrected chi connectivity index (χ1v) is 5.85. The molecule has 1 rings (SSSR count). The molecule has 0 aliphatic carbocycles. The van der Waals surface area contributed by atoms with Gasteiger partial charge in [-0.25, -0.2) is 0 Å². The van der Waals surface area contributed by atoms with E-state index in [1.165, 1.54) is 6.08 Å². The summed E-state index contributed by atoms with van der Waals surface area (Å²) in [7, 11) is 0. The molecule has 1 aliphatic heterocycles. The van der Waals surface area contributed by atoms with Gasteiger partial charge >= 0.3 is 5.97 Å². The van der Waals surface area contributed by atoms with Crippen LogP contribution in [0, 0.1) is 0 Å². The molecule has 0 aromatic carbocycles. The summed E-state index contributed by atoms with van der Waals surface area (Å²) in [4.78, 5) is 13.0. The molecule has 1 heterocycles. The molecular weight excluding hydrogens is 198 g/mol. The van der Waals surface area contributed by atoms with Crippen molar-refractivity contribution in [2.75, 3.05) is 12.3 Å². The monoisotopic (exact) mass is 215 g/mol. The Morgan fingerprint density at radius 2 is 2.36 bits per heavy atom. The molecule has 1 N–H and O–H groups in total. The summed E-state index contributed by atoms with van der Waals surface area (Å²) in [5, 5.41) is 9.50. The van der Waals surface area contributed by atoms with E-state index in [2.05, 4.69) is 20.4 Å². The predicted molar refractivity (Wildman–Crippen MR) is 59.7 cm³/mol. The highest BCUT2D eigenvalue weighted by Crippen LogP contribution is 2.26. The van der Waals surface area contributed by atoms with Gasteiger partial charge in [0.2, 0.25) is 0 Å². The Hall–Kier alpha value is -0.480. The number of rotatable bonds is 3. The molecule has 0 saturated carbocycles. The van der Waals surface area contributed by atoms with Crippen molar-refractivity contribution in [3.63, 3.8) is 0 Å². The second-order valence-corrected chi connectivity index (χ2v) is 5.06. The van der Waals surface area contributed by atoms with Crippen LogP contribution in [0.5, 0.6) is 0 Å². The lowest BCUT2D eigenvalue weighted by Gasteiger charge is -2.39. The van der Waals surface area contributed by atoms with Gasteiger partial charge in [-0.2, -0.15) is 11.8 Å². The standard InChI is InChI=1S/C10H17NO2S/c1-4-9(10(12)13)11-5-6-14-8(3)7(11)2/h4,7-9H,1,5-6H2,2-3H3,(H,12,13).